The molecule has 28 heavy (non-hydrogen) atoms. The van der Waals surface area contributed by atoms with E-state index < -0.39 is 6.04 Å². The van der Waals surface area contributed by atoms with Gasteiger partial charge in [-0.25, -0.2) is 4.68 Å². The van der Waals surface area contributed by atoms with Crippen molar-refractivity contribution in [2.45, 2.75) is 12.5 Å². The molecular formula is C20H17ClN4O3. The minimum absolute atomic E-state index is 0.00450. The number of amides is 2. The highest BCUT2D eigenvalue weighted by molar-refractivity contribution is 6.30. The van der Waals surface area contributed by atoms with Crippen LogP contribution in [0.4, 0.5) is 11.5 Å². The van der Waals surface area contributed by atoms with Crippen LogP contribution in [-0.2, 0) is 9.59 Å². The van der Waals surface area contributed by atoms with Gasteiger partial charge in [0, 0.05) is 28.4 Å². The zero-order valence-corrected chi connectivity index (χ0v) is 15.7. The fourth-order valence-electron chi connectivity index (χ4n) is 3.07. The van der Waals surface area contributed by atoms with Crippen molar-refractivity contribution in [1.82, 2.24) is 9.78 Å². The number of rotatable bonds is 4. The van der Waals surface area contributed by atoms with Gasteiger partial charge in [0.1, 0.15) is 17.6 Å². The largest absolute Gasteiger partial charge is 0.497 e. The Bertz CT molecular complexity index is 1050. The highest BCUT2D eigenvalue weighted by Crippen LogP contribution is 2.31. The number of anilines is 2. The summed E-state index contributed by atoms with van der Waals surface area (Å²) in [5.74, 6) is 0.548. The van der Waals surface area contributed by atoms with Crippen LogP contribution in [0.15, 0.2) is 54.6 Å². The van der Waals surface area contributed by atoms with Gasteiger partial charge in [0.25, 0.3) is 0 Å². The third kappa shape index (κ3) is 3.57. The van der Waals surface area contributed by atoms with E-state index in [0.717, 1.165) is 5.56 Å². The first-order valence-electron chi connectivity index (χ1n) is 8.64. The lowest BCUT2D eigenvalue weighted by Crippen LogP contribution is -2.35. The summed E-state index contributed by atoms with van der Waals surface area (Å²) in [5, 5.41) is 10.7. The van der Waals surface area contributed by atoms with E-state index in [2.05, 4.69) is 15.7 Å². The van der Waals surface area contributed by atoms with Crippen molar-refractivity contribution in [2.75, 3.05) is 17.7 Å². The van der Waals surface area contributed by atoms with Crippen LogP contribution in [0.5, 0.6) is 5.75 Å². The van der Waals surface area contributed by atoms with E-state index in [9.17, 15) is 9.59 Å². The first-order chi connectivity index (χ1) is 13.5. The van der Waals surface area contributed by atoms with Crippen molar-refractivity contribution in [3.05, 3.63) is 59.6 Å². The van der Waals surface area contributed by atoms with Crippen molar-refractivity contribution in [3.63, 3.8) is 0 Å². The monoisotopic (exact) mass is 396 g/mol. The molecule has 0 radical (unpaired) electrons. The van der Waals surface area contributed by atoms with Crippen molar-refractivity contribution in [2.24, 2.45) is 0 Å². The fraction of sp³-hybridized carbons (Fsp3) is 0.150. The van der Waals surface area contributed by atoms with Crippen molar-refractivity contribution < 1.29 is 14.3 Å². The van der Waals surface area contributed by atoms with Crippen LogP contribution in [0.25, 0.3) is 11.3 Å². The number of methoxy groups -OCH3 is 1. The van der Waals surface area contributed by atoms with Crippen LogP contribution in [0.2, 0.25) is 5.02 Å². The number of hydrogen-bond donors (Lipinski definition) is 2. The second-order valence-corrected chi connectivity index (χ2v) is 6.79. The molecule has 4 rings (SSSR count). The molecule has 1 atom stereocenters. The molecule has 1 unspecified atom stereocenters. The van der Waals surface area contributed by atoms with E-state index in [1.807, 2.05) is 12.1 Å². The van der Waals surface area contributed by atoms with Crippen LogP contribution < -0.4 is 15.4 Å². The summed E-state index contributed by atoms with van der Waals surface area (Å²) in [5.41, 5.74) is 2.07. The van der Waals surface area contributed by atoms with Crippen LogP contribution in [0.1, 0.15) is 12.5 Å². The number of ether oxygens (including phenoxy) is 1. The minimum atomic E-state index is -0.754. The smallest absolute Gasteiger partial charge is 0.249 e. The molecule has 2 heterocycles. The molecular weight excluding hydrogens is 380 g/mol. The predicted molar refractivity (Wildman–Crippen MR) is 107 cm³/mol. The van der Waals surface area contributed by atoms with E-state index in [0.29, 0.717) is 28.0 Å². The molecule has 0 saturated carbocycles. The Morgan fingerprint density at radius 2 is 2.04 bits per heavy atom. The van der Waals surface area contributed by atoms with E-state index in [1.165, 1.54) is 0 Å². The SMILES string of the molecule is COc1cccc(NC(=O)C2CC(=O)Nc3cc(-c4ccc(Cl)cc4)nn32)c1. The summed E-state index contributed by atoms with van der Waals surface area (Å²) < 4.78 is 6.72. The van der Waals surface area contributed by atoms with Crippen LogP contribution in [0, 0.1) is 0 Å². The van der Waals surface area contributed by atoms with Crippen LogP contribution in [0.3, 0.4) is 0 Å². The van der Waals surface area contributed by atoms with Crippen molar-refractivity contribution >= 4 is 34.9 Å². The van der Waals surface area contributed by atoms with Crippen LogP contribution >= 0.6 is 11.6 Å². The Hall–Kier alpha value is -3.32. The van der Waals surface area contributed by atoms with Crippen LogP contribution in [-0.4, -0.2) is 28.7 Å². The summed E-state index contributed by atoms with van der Waals surface area (Å²) in [4.78, 5) is 25.0. The molecule has 0 spiro atoms. The Morgan fingerprint density at radius 1 is 1.25 bits per heavy atom. The number of hydrogen-bond acceptors (Lipinski definition) is 4. The van der Waals surface area contributed by atoms with Gasteiger partial charge < -0.3 is 15.4 Å². The molecule has 2 aromatic carbocycles. The molecule has 0 bridgehead atoms. The molecule has 1 aliphatic heterocycles. The second-order valence-electron chi connectivity index (χ2n) is 6.36. The Labute approximate surface area is 166 Å². The fourth-order valence-corrected chi connectivity index (χ4v) is 3.20. The number of halogens is 1. The number of fused-ring (bicyclic) bond motifs is 1. The number of carbonyl (C=O) groups is 2. The molecule has 3 aromatic rings. The number of aromatic nitrogens is 2. The molecule has 2 amide bonds. The summed E-state index contributed by atoms with van der Waals surface area (Å²) in [7, 11) is 1.56. The lowest BCUT2D eigenvalue weighted by Gasteiger charge is -2.23. The van der Waals surface area contributed by atoms with Gasteiger partial charge in [0.15, 0.2) is 0 Å². The highest BCUT2D eigenvalue weighted by atomic mass is 35.5. The molecule has 0 aliphatic carbocycles. The third-order valence-electron chi connectivity index (χ3n) is 4.46. The summed E-state index contributed by atoms with van der Waals surface area (Å²) in [6.07, 6.45) is 0.00450. The average molecular weight is 397 g/mol. The van der Waals surface area contributed by atoms with E-state index in [4.69, 9.17) is 16.3 Å². The summed E-state index contributed by atoms with van der Waals surface area (Å²) in [6.45, 7) is 0. The Balaban J connectivity index is 1.63. The molecule has 1 aliphatic rings. The summed E-state index contributed by atoms with van der Waals surface area (Å²) >= 11 is 5.94. The number of carbonyl (C=O) groups excluding carboxylic acids is 2. The van der Waals surface area contributed by atoms with Gasteiger partial charge >= 0.3 is 0 Å². The first-order valence-corrected chi connectivity index (χ1v) is 9.01. The minimum Gasteiger partial charge on any atom is -0.497 e. The van der Waals surface area contributed by atoms with Crippen molar-refractivity contribution in [1.29, 1.82) is 0 Å². The molecule has 0 fully saturated rings. The molecule has 0 saturated heterocycles. The van der Waals surface area contributed by atoms with Gasteiger partial charge in [-0.15, -0.1) is 0 Å². The maximum absolute atomic E-state index is 12.9. The molecule has 142 valence electrons. The van der Waals surface area contributed by atoms with Gasteiger partial charge in [-0.1, -0.05) is 29.8 Å². The molecule has 8 heteroatoms. The molecule has 1 aromatic heterocycles. The van der Waals surface area contributed by atoms with E-state index in [1.54, 1.807) is 54.3 Å². The van der Waals surface area contributed by atoms with E-state index >= 15 is 0 Å². The zero-order chi connectivity index (χ0) is 19.7. The number of benzene rings is 2. The Kier molecular flexibility index (Phi) is 4.75. The maximum Gasteiger partial charge on any atom is 0.249 e. The number of nitrogens with one attached hydrogen (secondary N) is 2. The lowest BCUT2D eigenvalue weighted by molar-refractivity contribution is -0.125. The quantitative estimate of drug-likeness (QED) is 0.703. The van der Waals surface area contributed by atoms with Gasteiger partial charge in [0.05, 0.1) is 19.2 Å². The zero-order valence-electron chi connectivity index (χ0n) is 15.0. The van der Waals surface area contributed by atoms with Gasteiger partial charge in [0.2, 0.25) is 11.8 Å². The average Bonchev–Trinajstić information content (AvgIpc) is 3.11. The van der Waals surface area contributed by atoms with Gasteiger partial charge in [-0.2, -0.15) is 5.10 Å². The lowest BCUT2D eigenvalue weighted by atomic mass is 10.1. The van der Waals surface area contributed by atoms with E-state index in [-0.39, 0.29) is 18.2 Å². The standard InChI is InChI=1S/C20H17ClN4O3/c1-28-15-4-2-3-14(9-15)22-20(27)17-11-19(26)23-18-10-16(24-25(17)18)12-5-7-13(21)8-6-12/h2-10,17H,11H2,1H3,(H,22,27)(H,23,26). The Morgan fingerprint density at radius 3 is 2.79 bits per heavy atom. The molecule has 2 N–H and O–H groups in total. The highest BCUT2D eigenvalue weighted by Gasteiger charge is 2.32. The summed E-state index contributed by atoms with van der Waals surface area (Å²) in [6, 6.07) is 15.2. The third-order valence-corrected chi connectivity index (χ3v) is 4.71. The normalized spacial score (nSPS) is 15.5. The van der Waals surface area contributed by atoms with Gasteiger partial charge in [-0.3, -0.25) is 9.59 Å². The number of nitrogens with zero attached hydrogens (tertiary/aromatic N) is 2. The first kappa shape index (κ1) is 18.1. The van der Waals surface area contributed by atoms with Gasteiger partial charge in [-0.05, 0) is 24.3 Å². The van der Waals surface area contributed by atoms with Crippen molar-refractivity contribution in [3.8, 4) is 17.0 Å². The topological polar surface area (TPSA) is 85.2 Å². The second kappa shape index (κ2) is 7.36. The molecule has 7 nitrogen and oxygen atoms in total. The maximum atomic E-state index is 12.9. The predicted octanol–water partition coefficient (Wildman–Crippen LogP) is 3.73.